The van der Waals surface area contributed by atoms with Gasteiger partial charge in [0.05, 0.1) is 13.2 Å². The third-order valence-electron chi connectivity index (χ3n) is 2.33. The topological polar surface area (TPSA) is 18.5 Å². The van der Waals surface area contributed by atoms with Gasteiger partial charge in [-0.05, 0) is 11.1 Å². The molecule has 0 saturated heterocycles. The zero-order valence-electron chi connectivity index (χ0n) is 9.82. The molecule has 0 fully saturated rings. The van der Waals surface area contributed by atoms with Crippen molar-refractivity contribution in [2.45, 2.75) is 13.2 Å². The SMILES string of the molecule is S=S(OCc1ccccc1)OCc1ccccc1. The Morgan fingerprint density at radius 2 is 1.11 bits per heavy atom. The van der Waals surface area contributed by atoms with Crippen molar-refractivity contribution in [2.75, 3.05) is 0 Å². The first kappa shape index (κ1) is 13.4. The fourth-order valence-corrected chi connectivity index (χ4v) is 2.24. The molecule has 0 saturated carbocycles. The van der Waals surface area contributed by atoms with Gasteiger partial charge in [0, 0.05) is 11.2 Å². The van der Waals surface area contributed by atoms with Crippen molar-refractivity contribution >= 4 is 21.2 Å². The van der Waals surface area contributed by atoms with Crippen molar-refractivity contribution in [1.29, 1.82) is 0 Å². The summed E-state index contributed by atoms with van der Waals surface area (Å²) in [6.07, 6.45) is 0. The smallest absolute Gasteiger partial charge is 0.149 e. The van der Waals surface area contributed by atoms with E-state index in [9.17, 15) is 0 Å². The summed E-state index contributed by atoms with van der Waals surface area (Å²) in [4.78, 5) is 0. The third kappa shape index (κ3) is 4.66. The van der Waals surface area contributed by atoms with Crippen molar-refractivity contribution in [3.63, 3.8) is 0 Å². The highest BCUT2D eigenvalue weighted by Gasteiger charge is 1.99. The van der Waals surface area contributed by atoms with E-state index in [0.29, 0.717) is 13.2 Å². The molecule has 0 bridgehead atoms. The molecule has 2 rings (SSSR count). The van der Waals surface area contributed by atoms with E-state index in [2.05, 4.69) is 0 Å². The maximum absolute atomic E-state index is 5.47. The van der Waals surface area contributed by atoms with Gasteiger partial charge >= 0.3 is 0 Å². The lowest BCUT2D eigenvalue weighted by molar-refractivity contribution is 0.265. The molecule has 0 aliphatic carbocycles. The molecule has 0 aromatic heterocycles. The van der Waals surface area contributed by atoms with Crippen LogP contribution >= 0.6 is 0 Å². The highest BCUT2D eigenvalue weighted by molar-refractivity contribution is 8.23. The molecule has 0 heterocycles. The van der Waals surface area contributed by atoms with Gasteiger partial charge in [0.25, 0.3) is 0 Å². The molecule has 2 aromatic rings. The van der Waals surface area contributed by atoms with Crippen molar-refractivity contribution in [3.8, 4) is 0 Å². The molecule has 0 amide bonds. The van der Waals surface area contributed by atoms with Crippen LogP contribution in [0.5, 0.6) is 0 Å². The maximum Gasteiger partial charge on any atom is 0.149 e. The lowest BCUT2D eigenvalue weighted by atomic mass is 10.2. The van der Waals surface area contributed by atoms with Gasteiger partial charge in [0.15, 0.2) is 0 Å². The first-order valence-corrected chi connectivity index (χ1v) is 7.61. The Morgan fingerprint density at radius 1 is 0.722 bits per heavy atom. The summed E-state index contributed by atoms with van der Waals surface area (Å²) in [5, 5.41) is 0. The summed E-state index contributed by atoms with van der Waals surface area (Å²) in [6.45, 7) is 0.977. The second-order valence-electron chi connectivity index (χ2n) is 3.70. The van der Waals surface area contributed by atoms with Gasteiger partial charge in [-0.15, -0.1) is 0 Å². The van der Waals surface area contributed by atoms with E-state index < -0.39 is 10.0 Å². The van der Waals surface area contributed by atoms with Gasteiger partial charge in [0.2, 0.25) is 0 Å². The van der Waals surface area contributed by atoms with Gasteiger partial charge in [-0.3, -0.25) is 8.37 Å². The molecule has 0 atom stereocenters. The first-order chi connectivity index (χ1) is 8.84. The van der Waals surface area contributed by atoms with Gasteiger partial charge < -0.3 is 0 Å². The van der Waals surface area contributed by atoms with E-state index in [1.54, 1.807) is 0 Å². The molecule has 4 heteroatoms. The third-order valence-corrected chi connectivity index (χ3v) is 3.53. The predicted molar refractivity (Wildman–Crippen MR) is 77.2 cm³/mol. The molecule has 0 spiro atoms. The summed E-state index contributed by atoms with van der Waals surface area (Å²) in [6, 6.07) is 19.9. The van der Waals surface area contributed by atoms with Crippen LogP contribution in [0.4, 0.5) is 0 Å². The van der Waals surface area contributed by atoms with E-state index in [0.717, 1.165) is 11.1 Å². The minimum absolute atomic E-state index is 0.488. The van der Waals surface area contributed by atoms with Gasteiger partial charge in [-0.2, -0.15) is 0 Å². The quantitative estimate of drug-likeness (QED) is 0.807. The molecule has 0 unspecified atom stereocenters. The molecular formula is C14H14O2S2. The van der Waals surface area contributed by atoms with E-state index in [-0.39, 0.29) is 0 Å². The largest absolute Gasteiger partial charge is 0.286 e. The molecule has 2 nitrogen and oxygen atoms in total. The fourth-order valence-electron chi connectivity index (χ4n) is 1.41. The standard InChI is InChI=1S/C14H14O2S2/c17-18(15-11-13-7-3-1-4-8-13)16-12-14-9-5-2-6-10-14/h1-10H,11-12H2. The van der Waals surface area contributed by atoms with Gasteiger partial charge in [-0.25, -0.2) is 0 Å². The highest BCUT2D eigenvalue weighted by atomic mass is 32.8. The summed E-state index contributed by atoms with van der Waals surface area (Å²) >= 11 is 5.12. The van der Waals surface area contributed by atoms with E-state index in [4.69, 9.17) is 19.6 Å². The summed E-state index contributed by atoms with van der Waals surface area (Å²) < 4.78 is 10.9. The normalized spacial score (nSPS) is 10.7. The molecule has 94 valence electrons. The van der Waals surface area contributed by atoms with Crippen LogP contribution < -0.4 is 0 Å². The number of benzene rings is 2. The fraction of sp³-hybridized carbons (Fsp3) is 0.143. The van der Waals surface area contributed by atoms with Crippen LogP contribution in [0, 0.1) is 0 Å². The van der Waals surface area contributed by atoms with Crippen LogP contribution in [-0.2, 0) is 42.8 Å². The summed E-state index contributed by atoms with van der Waals surface area (Å²) in [7, 11) is -0.888. The molecule has 0 aliphatic heterocycles. The monoisotopic (exact) mass is 278 g/mol. The zero-order chi connectivity index (χ0) is 12.6. The predicted octanol–water partition coefficient (Wildman–Crippen LogP) is 3.33. The Kier molecular flexibility index (Phi) is 5.48. The second kappa shape index (κ2) is 7.38. The van der Waals surface area contributed by atoms with E-state index in [1.165, 1.54) is 0 Å². The van der Waals surface area contributed by atoms with Crippen molar-refractivity contribution < 1.29 is 8.37 Å². The lowest BCUT2D eigenvalue weighted by Crippen LogP contribution is -2.01. The molecule has 0 radical (unpaired) electrons. The number of hydrogen-bond acceptors (Lipinski definition) is 3. The van der Waals surface area contributed by atoms with Crippen LogP contribution in [-0.4, -0.2) is 0 Å². The van der Waals surface area contributed by atoms with Crippen molar-refractivity contribution in [1.82, 2.24) is 0 Å². The molecular weight excluding hydrogens is 264 g/mol. The summed E-state index contributed by atoms with van der Waals surface area (Å²) in [5.74, 6) is 0. The number of rotatable bonds is 6. The average Bonchev–Trinajstić information content (AvgIpc) is 2.45. The first-order valence-electron chi connectivity index (χ1n) is 5.61. The maximum atomic E-state index is 5.47. The van der Waals surface area contributed by atoms with Crippen LogP contribution in [0.3, 0.4) is 0 Å². The van der Waals surface area contributed by atoms with Gasteiger partial charge in [0.1, 0.15) is 10.0 Å². The summed E-state index contributed by atoms with van der Waals surface area (Å²) in [5.41, 5.74) is 2.20. The van der Waals surface area contributed by atoms with Crippen molar-refractivity contribution in [3.05, 3.63) is 71.8 Å². The Hall–Kier alpha value is -1.07. The second-order valence-corrected chi connectivity index (χ2v) is 5.40. The van der Waals surface area contributed by atoms with Crippen molar-refractivity contribution in [2.24, 2.45) is 0 Å². The molecule has 0 N–H and O–H groups in total. The molecule has 0 aliphatic rings. The lowest BCUT2D eigenvalue weighted by Gasteiger charge is -2.07. The van der Waals surface area contributed by atoms with Gasteiger partial charge in [-0.1, -0.05) is 60.7 Å². The minimum atomic E-state index is -0.888. The van der Waals surface area contributed by atoms with E-state index >= 15 is 0 Å². The molecule has 18 heavy (non-hydrogen) atoms. The van der Waals surface area contributed by atoms with Crippen LogP contribution in [0.25, 0.3) is 0 Å². The van der Waals surface area contributed by atoms with Crippen LogP contribution in [0.1, 0.15) is 11.1 Å². The average molecular weight is 278 g/mol. The highest BCUT2D eigenvalue weighted by Crippen LogP contribution is 2.06. The number of hydrogen-bond donors (Lipinski definition) is 0. The van der Waals surface area contributed by atoms with Crippen LogP contribution in [0.15, 0.2) is 60.7 Å². The van der Waals surface area contributed by atoms with Crippen LogP contribution in [0.2, 0.25) is 0 Å². The van der Waals surface area contributed by atoms with E-state index in [1.807, 2.05) is 60.7 Å². The Balaban J connectivity index is 1.73. The Labute approximate surface area is 115 Å². The minimum Gasteiger partial charge on any atom is -0.286 e. The Bertz CT molecular complexity index is 440. The Morgan fingerprint density at radius 3 is 1.50 bits per heavy atom. The molecule has 2 aromatic carbocycles. The zero-order valence-corrected chi connectivity index (χ0v) is 11.5.